The maximum atomic E-state index is 13.0. The van der Waals surface area contributed by atoms with Gasteiger partial charge in [-0.25, -0.2) is 0 Å². The van der Waals surface area contributed by atoms with E-state index in [-0.39, 0.29) is 17.3 Å². The number of carbonyl (C=O) groups is 2. The maximum absolute atomic E-state index is 13.0. The number of benzene rings is 2. The zero-order chi connectivity index (χ0) is 20.3. The minimum Gasteiger partial charge on any atom is -0.478 e. The average Bonchev–Trinajstić information content (AvgIpc) is 2.67. The molecule has 2 aromatic carbocycles. The molecular weight excluding hydrogens is 398 g/mol. The fourth-order valence-corrected chi connectivity index (χ4v) is 3.07. The Morgan fingerprint density at radius 2 is 2.04 bits per heavy atom. The Hall–Kier alpha value is -3.21. The predicted octanol–water partition coefficient (Wildman–Crippen LogP) is 3.38. The lowest BCUT2D eigenvalue weighted by Crippen LogP contribution is -2.54. The highest BCUT2D eigenvalue weighted by atomic mass is 35.5. The van der Waals surface area contributed by atoms with Crippen LogP contribution in [-0.4, -0.2) is 23.5 Å². The molecule has 1 aliphatic heterocycles. The van der Waals surface area contributed by atoms with Crippen molar-refractivity contribution < 1.29 is 14.3 Å². The van der Waals surface area contributed by atoms with Gasteiger partial charge in [0.15, 0.2) is 11.7 Å². The van der Waals surface area contributed by atoms with E-state index in [4.69, 9.17) is 33.8 Å². The second-order valence-corrected chi connectivity index (χ2v) is 6.67. The summed E-state index contributed by atoms with van der Waals surface area (Å²) in [4.78, 5) is 26.7. The number of rotatable bonds is 4. The molecule has 0 saturated carbocycles. The summed E-state index contributed by atoms with van der Waals surface area (Å²) in [7, 11) is 0. The van der Waals surface area contributed by atoms with Crippen molar-refractivity contribution in [1.82, 2.24) is 5.32 Å². The molecule has 0 spiro atoms. The van der Waals surface area contributed by atoms with Gasteiger partial charge in [0.05, 0.1) is 5.69 Å². The van der Waals surface area contributed by atoms with Crippen molar-refractivity contribution in [2.24, 2.45) is 0 Å². The molecular formula is C20H14ClN3O3S. The van der Waals surface area contributed by atoms with E-state index in [2.05, 4.69) is 5.32 Å². The summed E-state index contributed by atoms with van der Waals surface area (Å²) in [5, 5.41) is 11.7. The number of para-hydroxylation sites is 1. The molecule has 1 fully saturated rings. The molecule has 2 amide bonds. The van der Waals surface area contributed by atoms with Crippen LogP contribution in [0.25, 0.3) is 6.08 Å². The number of anilines is 1. The second kappa shape index (κ2) is 8.21. The average molecular weight is 412 g/mol. The summed E-state index contributed by atoms with van der Waals surface area (Å²) in [6, 6.07) is 13.7. The lowest BCUT2D eigenvalue weighted by Gasteiger charge is -2.29. The van der Waals surface area contributed by atoms with E-state index in [9.17, 15) is 9.59 Å². The maximum Gasteiger partial charge on any atom is 0.270 e. The first kappa shape index (κ1) is 19.5. The van der Waals surface area contributed by atoms with Crippen LogP contribution in [0.3, 0.4) is 0 Å². The number of halogens is 1. The lowest BCUT2D eigenvalue weighted by atomic mass is 10.1. The smallest absolute Gasteiger partial charge is 0.270 e. The minimum absolute atomic E-state index is 0.0268. The predicted molar refractivity (Wildman–Crippen MR) is 110 cm³/mol. The Morgan fingerprint density at radius 3 is 2.75 bits per heavy atom. The first-order chi connectivity index (χ1) is 13.4. The minimum atomic E-state index is -0.612. The summed E-state index contributed by atoms with van der Waals surface area (Å²) in [5.74, 6) is -0.807. The number of carbonyl (C=O) groups excluding carboxylic acids is 2. The Balaban J connectivity index is 2.02. The van der Waals surface area contributed by atoms with Gasteiger partial charge in [0, 0.05) is 10.6 Å². The highest BCUT2D eigenvalue weighted by molar-refractivity contribution is 7.80. The molecule has 0 radical (unpaired) electrons. The van der Waals surface area contributed by atoms with Crippen LogP contribution in [0.4, 0.5) is 5.69 Å². The van der Waals surface area contributed by atoms with Crippen LogP contribution in [0.5, 0.6) is 5.75 Å². The fourth-order valence-electron chi connectivity index (χ4n) is 2.61. The molecule has 0 aromatic heterocycles. The molecule has 1 N–H and O–H groups in total. The van der Waals surface area contributed by atoms with E-state index in [1.807, 2.05) is 13.0 Å². The summed E-state index contributed by atoms with van der Waals surface area (Å²) >= 11 is 11.3. The number of thiocarbonyl (C=S) groups is 1. The summed E-state index contributed by atoms with van der Waals surface area (Å²) in [6.45, 7) is 1.69. The highest BCUT2D eigenvalue weighted by Crippen LogP contribution is 2.28. The van der Waals surface area contributed by atoms with Gasteiger partial charge in [-0.2, -0.15) is 5.26 Å². The molecule has 3 rings (SSSR count). The van der Waals surface area contributed by atoms with Crippen LogP contribution in [0, 0.1) is 18.3 Å². The largest absolute Gasteiger partial charge is 0.478 e. The number of ether oxygens (including phenoxy) is 1. The molecule has 28 heavy (non-hydrogen) atoms. The first-order valence-electron chi connectivity index (χ1n) is 8.18. The van der Waals surface area contributed by atoms with Gasteiger partial charge in [-0.05, 0) is 49.0 Å². The van der Waals surface area contributed by atoms with Crippen molar-refractivity contribution in [2.75, 3.05) is 11.5 Å². The van der Waals surface area contributed by atoms with Crippen molar-refractivity contribution in [2.45, 2.75) is 6.92 Å². The zero-order valence-electron chi connectivity index (χ0n) is 14.7. The van der Waals surface area contributed by atoms with Gasteiger partial charge in [0.25, 0.3) is 11.8 Å². The van der Waals surface area contributed by atoms with Gasteiger partial charge in [0.2, 0.25) is 0 Å². The summed E-state index contributed by atoms with van der Waals surface area (Å²) < 4.78 is 5.35. The molecule has 1 heterocycles. The number of nitriles is 1. The topological polar surface area (TPSA) is 82.4 Å². The van der Waals surface area contributed by atoms with Crippen LogP contribution in [0.2, 0.25) is 5.02 Å². The Kier molecular flexibility index (Phi) is 5.73. The number of hydrogen-bond acceptors (Lipinski definition) is 5. The number of nitrogens with zero attached hydrogens (tertiary/aromatic N) is 2. The van der Waals surface area contributed by atoms with Gasteiger partial charge in [-0.1, -0.05) is 35.9 Å². The van der Waals surface area contributed by atoms with E-state index in [1.165, 1.54) is 11.0 Å². The van der Waals surface area contributed by atoms with Crippen molar-refractivity contribution in [3.05, 3.63) is 64.2 Å². The number of nitrogens with one attached hydrogen (secondary N) is 1. The quantitative estimate of drug-likeness (QED) is 0.473. The van der Waals surface area contributed by atoms with Gasteiger partial charge >= 0.3 is 0 Å². The van der Waals surface area contributed by atoms with E-state index in [0.717, 1.165) is 5.56 Å². The Bertz CT molecular complexity index is 1060. The third kappa shape index (κ3) is 3.88. The van der Waals surface area contributed by atoms with Crippen molar-refractivity contribution in [3.63, 3.8) is 0 Å². The molecule has 140 valence electrons. The number of amides is 2. The van der Waals surface area contributed by atoms with Crippen LogP contribution in [0.15, 0.2) is 48.0 Å². The third-order valence-corrected chi connectivity index (χ3v) is 4.72. The molecule has 6 nitrogen and oxygen atoms in total. The molecule has 2 aromatic rings. The lowest BCUT2D eigenvalue weighted by molar-refractivity contribution is -0.122. The zero-order valence-corrected chi connectivity index (χ0v) is 16.3. The van der Waals surface area contributed by atoms with Crippen molar-refractivity contribution in [3.8, 4) is 11.8 Å². The summed E-state index contributed by atoms with van der Waals surface area (Å²) in [5.41, 5.74) is 1.68. The van der Waals surface area contributed by atoms with Crippen molar-refractivity contribution in [1.29, 1.82) is 5.26 Å². The number of aryl methyl sites for hydroxylation is 1. The van der Waals surface area contributed by atoms with Crippen molar-refractivity contribution >= 4 is 52.5 Å². The Labute approximate surface area is 172 Å². The summed E-state index contributed by atoms with van der Waals surface area (Å²) in [6.07, 6.45) is 1.41. The van der Waals surface area contributed by atoms with Crippen LogP contribution < -0.4 is 15.0 Å². The fraction of sp³-hybridized carbons (Fsp3) is 0.100. The van der Waals surface area contributed by atoms with Gasteiger partial charge in [0.1, 0.15) is 17.4 Å². The molecule has 8 heteroatoms. The van der Waals surface area contributed by atoms with Crippen LogP contribution >= 0.6 is 23.8 Å². The van der Waals surface area contributed by atoms with Crippen LogP contribution in [0.1, 0.15) is 11.1 Å². The van der Waals surface area contributed by atoms with Crippen LogP contribution in [-0.2, 0) is 9.59 Å². The molecule has 0 bridgehead atoms. The van der Waals surface area contributed by atoms with Gasteiger partial charge < -0.3 is 4.74 Å². The van der Waals surface area contributed by atoms with E-state index in [0.29, 0.717) is 22.0 Å². The second-order valence-electron chi connectivity index (χ2n) is 5.88. The normalized spacial score (nSPS) is 15.4. The molecule has 0 aliphatic carbocycles. The first-order valence-corrected chi connectivity index (χ1v) is 8.97. The monoisotopic (exact) mass is 411 g/mol. The Morgan fingerprint density at radius 1 is 1.29 bits per heavy atom. The SMILES string of the molecule is Cc1ccc(N2C(=O)/C(=C/c3ccccc3OCC#N)C(=O)NC2=S)cc1Cl. The number of hydrogen-bond donors (Lipinski definition) is 1. The molecule has 1 saturated heterocycles. The van der Waals surface area contributed by atoms with Gasteiger partial charge in [-0.15, -0.1) is 0 Å². The van der Waals surface area contributed by atoms with Gasteiger partial charge in [-0.3, -0.25) is 19.8 Å². The molecule has 0 unspecified atom stereocenters. The third-order valence-electron chi connectivity index (χ3n) is 4.03. The molecule has 0 atom stereocenters. The van der Waals surface area contributed by atoms with E-state index < -0.39 is 11.8 Å². The highest BCUT2D eigenvalue weighted by Gasteiger charge is 2.34. The standard InChI is InChI=1S/C20H14ClN3O3S/c1-12-6-7-14(11-16(12)21)24-19(26)15(18(25)23-20(24)28)10-13-4-2-3-5-17(13)27-9-8-22/h2-7,10-11H,9H2,1H3,(H,23,25,28)/b15-10+. The van der Waals surface area contributed by atoms with E-state index >= 15 is 0 Å². The van der Waals surface area contributed by atoms with E-state index in [1.54, 1.807) is 42.5 Å². The molecule has 1 aliphatic rings.